The first-order valence-corrected chi connectivity index (χ1v) is 8.32. The van der Waals surface area contributed by atoms with Crippen LogP contribution in [-0.4, -0.2) is 42.8 Å². The van der Waals surface area contributed by atoms with Gasteiger partial charge in [0.05, 0.1) is 5.60 Å². The van der Waals surface area contributed by atoms with Gasteiger partial charge in [-0.25, -0.2) is 0 Å². The fourth-order valence-electron chi connectivity index (χ4n) is 3.22. The zero-order valence-corrected chi connectivity index (χ0v) is 13.9. The lowest BCUT2D eigenvalue weighted by Crippen LogP contribution is -2.51. The molecular weight excluding hydrogens is 294 g/mol. The van der Waals surface area contributed by atoms with Crippen LogP contribution in [0.25, 0.3) is 0 Å². The number of nitrogens with one attached hydrogen (secondary N) is 2. The molecule has 1 saturated heterocycles. The number of hydrogen-bond donors (Lipinski definition) is 2. The average Bonchev–Trinajstić information content (AvgIpc) is 3.39. The SMILES string of the molecule is COC1(CNC(=O)c2c(C)ccn(C3CC3)c2=O)CCNCC1. The monoisotopic (exact) mass is 319 g/mol. The Kier molecular flexibility index (Phi) is 4.55. The molecule has 0 unspecified atom stereocenters. The molecular formula is C17H25N3O3. The van der Waals surface area contributed by atoms with Crippen LogP contribution in [0.3, 0.4) is 0 Å². The average molecular weight is 319 g/mol. The van der Waals surface area contributed by atoms with Gasteiger partial charge in [0.1, 0.15) is 5.56 Å². The number of carbonyl (C=O) groups is 1. The van der Waals surface area contributed by atoms with Crippen LogP contribution in [0.1, 0.15) is 47.6 Å². The van der Waals surface area contributed by atoms with Crippen molar-refractivity contribution in [3.8, 4) is 0 Å². The summed E-state index contributed by atoms with van der Waals surface area (Å²) in [6, 6.07) is 2.12. The van der Waals surface area contributed by atoms with Crippen molar-refractivity contribution in [2.75, 3.05) is 26.7 Å². The van der Waals surface area contributed by atoms with Crippen molar-refractivity contribution in [2.24, 2.45) is 0 Å². The molecule has 1 saturated carbocycles. The van der Waals surface area contributed by atoms with Crippen molar-refractivity contribution < 1.29 is 9.53 Å². The fraction of sp³-hybridized carbons (Fsp3) is 0.647. The van der Waals surface area contributed by atoms with Gasteiger partial charge in [-0.05, 0) is 57.3 Å². The van der Waals surface area contributed by atoms with Crippen LogP contribution in [0.15, 0.2) is 17.1 Å². The Morgan fingerprint density at radius 2 is 2.13 bits per heavy atom. The molecule has 1 aliphatic heterocycles. The van der Waals surface area contributed by atoms with Crippen LogP contribution < -0.4 is 16.2 Å². The van der Waals surface area contributed by atoms with Gasteiger partial charge in [0.2, 0.25) is 0 Å². The molecule has 0 aromatic carbocycles. The van der Waals surface area contributed by atoms with Crippen molar-refractivity contribution in [2.45, 2.75) is 44.2 Å². The Balaban J connectivity index is 1.75. The molecule has 6 heteroatoms. The number of amides is 1. The zero-order chi connectivity index (χ0) is 16.4. The van der Waals surface area contributed by atoms with Crippen LogP contribution in [-0.2, 0) is 4.74 Å². The summed E-state index contributed by atoms with van der Waals surface area (Å²) in [6.07, 6.45) is 5.54. The first-order valence-electron chi connectivity index (χ1n) is 8.32. The normalized spacial score (nSPS) is 20.3. The maximum absolute atomic E-state index is 12.6. The molecule has 1 amide bonds. The molecule has 23 heavy (non-hydrogen) atoms. The highest BCUT2D eigenvalue weighted by Crippen LogP contribution is 2.33. The second-order valence-electron chi connectivity index (χ2n) is 6.64. The lowest BCUT2D eigenvalue weighted by molar-refractivity contribution is -0.0313. The smallest absolute Gasteiger partial charge is 0.263 e. The first kappa shape index (κ1) is 16.2. The summed E-state index contributed by atoms with van der Waals surface area (Å²) < 4.78 is 7.35. The summed E-state index contributed by atoms with van der Waals surface area (Å²) in [5.74, 6) is -0.294. The van der Waals surface area contributed by atoms with Crippen molar-refractivity contribution in [1.29, 1.82) is 0 Å². The summed E-state index contributed by atoms with van der Waals surface area (Å²) in [4.78, 5) is 25.2. The molecule has 1 aromatic rings. The lowest BCUT2D eigenvalue weighted by Gasteiger charge is -2.36. The van der Waals surface area contributed by atoms with Gasteiger partial charge in [0, 0.05) is 25.9 Å². The Morgan fingerprint density at radius 1 is 1.43 bits per heavy atom. The van der Waals surface area contributed by atoms with Gasteiger partial charge in [0.25, 0.3) is 11.5 Å². The van der Waals surface area contributed by atoms with E-state index in [0.717, 1.165) is 44.3 Å². The maximum Gasteiger partial charge on any atom is 0.263 e. The standard InChI is InChI=1S/C17H25N3O3/c1-12-5-10-20(13-3-4-13)16(22)14(12)15(21)19-11-17(23-2)6-8-18-9-7-17/h5,10,13,18H,3-4,6-9,11H2,1-2H3,(H,19,21). The van der Waals surface area contributed by atoms with E-state index in [1.807, 2.05) is 13.0 Å². The topological polar surface area (TPSA) is 72.4 Å². The maximum atomic E-state index is 12.6. The van der Waals surface area contributed by atoms with Gasteiger partial charge in [0.15, 0.2) is 0 Å². The summed E-state index contributed by atoms with van der Waals surface area (Å²) >= 11 is 0. The van der Waals surface area contributed by atoms with Crippen LogP contribution in [0, 0.1) is 6.92 Å². The molecule has 1 aliphatic carbocycles. The number of rotatable bonds is 5. The minimum atomic E-state index is -0.334. The highest BCUT2D eigenvalue weighted by atomic mass is 16.5. The number of aromatic nitrogens is 1. The molecule has 1 aromatic heterocycles. The molecule has 2 fully saturated rings. The molecule has 2 N–H and O–H groups in total. The van der Waals surface area contributed by atoms with Gasteiger partial charge >= 0.3 is 0 Å². The molecule has 0 bridgehead atoms. The van der Waals surface area contributed by atoms with E-state index in [0.29, 0.717) is 6.54 Å². The summed E-state index contributed by atoms with van der Waals surface area (Å²) in [5, 5.41) is 6.22. The fourth-order valence-corrected chi connectivity index (χ4v) is 3.22. The summed E-state index contributed by atoms with van der Waals surface area (Å²) in [7, 11) is 1.69. The molecule has 0 spiro atoms. The largest absolute Gasteiger partial charge is 0.376 e. The Bertz CT molecular complexity index is 643. The number of hydrogen-bond acceptors (Lipinski definition) is 4. The van der Waals surface area contributed by atoms with E-state index >= 15 is 0 Å². The van der Waals surface area contributed by atoms with Gasteiger partial charge < -0.3 is 19.9 Å². The predicted molar refractivity (Wildman–Crippen MR) is 87.9 cm³/mol. The van der Waals surface area contributed by atoms with E-state index in [2.05, 4.69) is 10.6 Å². The number of carbonyl (C=O) groups excluding carboxylic acids is 1. The third kappa shape index (κ3) is 3.33. The van der Waals surface area contributed by atoms with Gasteiger partial charge in [-0.3, -0.25) is 9.59 Å². The molecule has 0 radical (unpaired) electrons. The van der Waals surface area contributed by atoms with Crippen LogP contribution in [0.2, 0.25) is 0 Å². The van der Waals surface area contributed by atoms with E-state index in [9.17, 15) is 9.59 Å². The Labute approximate surface area is 136 Å². The third-order valence-electron chi connectivity index (χ3n) is 5.01. The highest BCUT2D eigenvalue weighted by Gasteiger charge is 2.33. The minimum Gasteiger partial charge on any atom is -0.376 e. The van der Waals surface area contributed by atoms with Gasteiger partial charge in [-0.2, -0.15) is 0 Å². The number of ether oxygens (including phenoxy) is 1. The van der Waals surface area contributed by atoms with E-state index in [-0.39, 0.29) is 28.7 Å². The predicted octanol–water partition coefficient (Wildman–Crippen LogP) is 0.990. The molecule has 2 heterocycles. The second kappa shape index (κ2) is 6.45. The molecule has 2 aliphatic rings. The van der Waals surface area contributed by atoms with E-state index < -0.39 is 0 Å². The minimum absolute atomic E-state index is 0.179. The number of pyridine rings is 1. The van der Waals surface area contributed by atoms with Crippen molar-refractivity contribution >= 4 is 5.91 Å². The van der Waals surface area contributed by atoms with Crippen LogP contribution in [0.4, 0.5) is 0 Å². The third-order valence-corrected chi connectivity index (χ3v) is 5.01. The molecule has 126 valence electrons. The zero-order valence-electron chi connectivity index (χ0n) is 13.9. The van der Waals surface area contributed by atoms with Gasteiger partial charge in [-0.15, -0.1) is 0 Å². The van der Waals surface area contributed by atoms with E-state index in [1.54, 1.807) is 17.9 Å². The van der Waals surface area contributed by atoms with Crippen LogP contribution in [0.5, 0.6) is 0 Å². The quantitative estimate of drug-likeness (QED) is 0.849. The lowest BCUT2D eigenvalue weighted by atomic mass is 9.92. The number of aryl methyl sites for hydroxylation is 1. The molecule has 3 rings (SSSR count). The molecule has 0 atom stereocenters. The van der Waals surface area contributed by atoms with Crippen LogP contribution >= 0.6 is 0 Å². The second-order valence-corrected chi connectivity index (χ2v) is 6.64. The van der Waals surface area contributed by atoms with Crippen molar-refractivity contribution in [3.63, 3.8) is 0 Å². The highest BCUT2D eigenvalue weighted by molar-refractivity contribution is 5.95. The van der Waals surface area contributed by atoms with Crippen molar-refractivity contribution in [3.05, 3.63) is 33.7 Å². The van der Waals surface area contributed by atoms with E-state index in [4.69, 9.17) is 4.74 Å². The number of nitrogens with zero attached hydrogens (tertiary/aromatic N) is 1. The Morgan fingerprint density at radius 3 is 2.74 bits per heavy atom. The van der Waals surface area contributed by atoms with E-state index in [1.165, 1.54) is 0 Å². The molecule has 6 nitrogen and oxygen atoms in total. The number of methoxy groups -OCH3 is 1. The van der Waals surface area contributed by atoms with Crippen molar-refractivity contribution in [1.82, 2.24) is 15.2 Å². The number of piperidine rings is 1. The first-order chi connectivity index (χ1) is 11.1. The van der Waals surface area contributed by atoms with Gasteiger partial charge in [-0.1, -0.05) is 0 Å². The Hall–Kier alpha value is -1.66. The summed E-state index contributed by atoms with van der Waals surface area (Å²) in [6.45, 7) is 4.00. The summed E-state index contributed by atoms with van der Waals surface area (Å²) in [5.41, 5.74) is 0.474.